The van der Waals surface area contributed by atoms with Crippen molar-refractivity contribution in [2.75, 3.05) is 44.8 Å². The molecule has 0 saturated carbocycles. The van der Waals surface area contributed by atoms with Gasteiger partial charge in [0.15, 0.2) is 5.13 Å². The lowest BCUT2D eigenvalue weighted by Crippen LogP contribution is -2.48. The maximum absolute atomic E-state index is 12.9. The fraction of sp³-hybridized carbons (Fsp3) is 0.417. The van der Waals surface area contributed by atoms with Crippen molar-refractivity contribution in [1.29, 1.82) is 0 Å². The Balaban J connectivity index is 1.32. The summed E-state index contributed by atoms with van der Waals surface area (Å²) in [5, 5.41) is 1.000. The predicted molar refractivity (Wildman–Crippen MR) is 126 cm³/mol. The van der Waals surface area contributed by atoms with Crippen LogP contribution in [-0.2, 0) is 0 Å². The number of fused-ring (bicyclic) bond motifs is 1. The van der Waals surface area contributed by atoms with E-state index in [2.05, 4.69) is 11.8 Å². The molecule has 0 unspecified atom stereocenters. The average Bonchev–Trinajstić information content (AvgIpc) is 3.25. The van der Waals surface area contributed by atoms with E-state index in [9.17, 15) is 4.79 Å². The van der Waals surface area contributed by atoms with Crippen molar-refractivity contribution in [3.8, 4) is 11.5 Å². The van der Waals surface area contributed by atoms with Crippen molar-refractivity contribution in [1.82, 2.24) is 9.88 Å². The highest BCUT2D eigenvalue weighted by Crippen LogP contribution is 2.32. The van der Waals surface area contributed by atoms with Crippen molar-refractivity contribution < 1.29 is 14.3 Å². The number of thiazole rings is 1. The quantitative estimate of drug-likeness (QED) is 0.470. The lowest BCUT2D eigenvalue weighted by atomic mass is 10.1. The third-order valence-electron chi connectivity index (χ3n) is 5.54. The fourth-order valence-electron chi connectivity index (χ4n) is 3.67. The van der Waals surface area contributed by atoms with Crippen LogP contribution in [0.1, 0.15) is 36.5 Å². The summed E-state index contributed by atoms with van der Waals surface area (Å²) in [6, 6.07) is 13.5. The van der Waals surface area contributed by atoms with Gasteiger partial charge in [0, 0.05) is 31.7 Å². The molecule has 1 amide bonds. The van der Waals surface area contributed by atoms with Crippen LogP contribution in [0.2, 0.25) is 0 Å². The summed E-state index contributed by atoms with van der Waals surface area (Å²) in [4.78, 5) is 21.8. The Bertz CT molecular complexity index is 1010. The molecule has 1 aromatic heterocycles. The van der Waals surface area contributed by atoms with E-state index >= 15 is 0 Å². The minimum atomic E-state index is 0.0752. The minimum Gasteiger partial charge on any atom is -0.497 e. The molecule has 0 spiro atoms. The molecule has 0 radical (unpaired) electrons. The van der Waals surface area contributed by atoms with Gasteiger partial charge in [-0.3, -0.25) is 4.79 Å². The molecular weight excluding hydrogens is 410 g/mol. The molecule has 2 heterocycles. The van der Waals surface area contributed by atoms with Crippen molar-refractivity contribution >= 4 is 32.6 Å². The summed E-state index contributed by atoms with van der Waals surface area (Å²) in [5.41, 5.74) is 1.69. The number of ether oxygens (including phenoxy) is 2. The van der Waals surface area contributed by atoms with Crippen LogP contribution in [0, 0.1) is 0 Å². The number of hydrogen-bond donors (Lipinski definition) is 0. The first-order valence-corrected chi connectivity index (χ1v) is 11.7. The summed E-state index contributed by atoms with van der Waals surface area (Å²) in [5.74, 6) is 1.74. The van der Waals surface area contributed by atoms with Crippen molar-refractivity contribution in [2.24, 2.45) is 0 Å². The van der Waals surface area contributed by atoms with Gasteiger partial charge in [-0.05, 0) is 48.9 Å². The van der Waals surface area contributed by atoms with Gasteiger partial charge in [-0.15, -0.1) is 0 Å². The number of hydrogen-bond acceptors (Lipinski definition) is 6. The van der Waals surface area contributed by atoms with E-state index in [0.717, 1.165) is 53.0 Å². The van der Waals surface area contributed by atoms with Crippen molar-refractivity contribution in [2.45, 2.75) is 26.2 Å². The molecule has 7 heteroatoms. The van der Waals surface area contributed by atoms with E-state index < -0.39 is 0 Å². The maximum Gasteiger partial charge on any atom is 0.253 e. The zero-order chi connectivity index (χ0) is 21.6. The van der Waals surface area contributed by atoms with Gasteiger partial charge in [-0.25, -0.2) is 4.98 Å². The first-order valence-electron chi connectivity index (χ1n) is 10.9. The van der Waals surface area contributed by atoms with E-state index in [-0.39, 0.29) is 5.91 Å². The van der Waals surface area contributed by atoms with Gasteiger partial charge in [0.1, 0.15) is 11.5 Å². The normalized spacial score (nSPS) is 14.1. The lowest BCUT2D eigenvalue weighted by Gasteiger charge is -2.34. The number of methoxy groups -OCH3 is 1. The number of piperazine rings is 1. The zero-order valence-corrected chi connectivity index (χ0v) is 19.0. The summed E-state index contributed by atoms with van der Waals surface area (Å²) in [6.07, 6.45) is 3.41. The molecule has 0 bridgehead atoms. The number of rotatable bonds is 8. The van der Waals surface area contributed by atoms with Gasteiger partial charge in [0.05, 0.1) is 23.9 Å². The number of carbonyl (C=O) groups is 1. The largest absolute Gasteiger partial charge is 0.497 e. The topological polar surface area (TPSA) is 54.9 Å². The standard InChI is InChI=1S/C24H29N3O3S/c1-3-4-5-16-30-19-8-6-18(7-9-19)23(28)26-12-14-27(15-13-26)24-25-21-11-10-20(29-2)17-22(21)31-24/h6-11,17H,3-5,12-16H2,1-2H3. The van der Waals surface area contributed by atoms with Gasteiger partial charge in [0.2, 0.25) is 0 Å². The summed E-state index contributed by atoms with van der Waals surface area (Å²) in [7, 11) is 1.67. The third kappa shape index (κ3) is 5.10. The average molecular weight is 440 g/mol. The first-order chi connectivity index (χ1) is 15.2. The lowest BCUT2D eigenvalue weighted by molar-refractivity contribution is 0.0746. The third-order valence-corrected chi connectivity index (χ3v) is 6.62. The highest BCUT2D eigenvalue weighted by Gasteiger charge is 2.24. The molecule has 1 aliphatic heterocycles. The second-order valence-corrected chi connectivity index (χ2v) is 8.70. The van der Waals surface area contributed by atoms with E-state index in [1.807, 2.05) is 47.4 Å². The molecule has 0 N–H and O–H groups in total. The molecule has 164 valence electrons. The zero-order valence-electron chi connectivity index (χ0n) is 18.2. The van der Waals surface area contributed by atoms with Crippen LogP contribution < -0.4 is 14.4 Å². The van der Waals surface area contributed by atoms with Crippen LogP contribution in [-0.4, -0.2) is 55.7 Å². The smallest absolute Gasteiger partial charge is 0.253 e. The Morgan fingerprint density at radius 1 is 1.03 bits per heavy atom. The number of aromatic nitrogens is 1. The summed E-state index contributed by atoms with van der Waals surface area (Å²) < 4.78 is 12.2. The summed E-state index contributed by atoms with van der Waals surface area (Å²) >= 11 is 1.67. The second-order valence-electron chi connectivity index (χ2n) is 7.69. The Kier molecular flexibility index (Phi) is 6.92. The van der Waals surface area contributed by atoms with Crippen molar-refractivity contribution in [3.63, 3.8) is 0 Å². The van der Waals surface area contributed by atoms with Gasteiger partial charge in [-0.2, -0.15) is 0 Å². The molecule has 31 heavy (non-hydrogen) atoms. The number of amides is 1. The van der Waals surface area contributed by atoms with Gasteiger partial charge >= 0.3 is 0 Å². The second kappa shape index (κ2) is 10.0. The molecule has 3 aromatic rings. The van der Waals surface area contributed by atoms with Crippen LogP contribution >= 0.6 is 11.3 Å². The minimum absolute atomic E-state index is 0.0752. The van der Waals surface area contributed by atoms with Gasteiger partial charge in [-0.1, -0.05) is 31.1 Å². The number of carbonyl (C=O) groups excluding carboxylic acids is 1. The van der Waals surface area contributed by atoms with E-state index in [1.165, 1.54) is 12.8 Å². The molecule has 1 saturated heterocycles. The predicted octanol–water partition coefficient (Wildman–Crippen LogP) is 4.84. The number of unbranched alkanes of at least 4 members (excludes halogenated alkanes) is 2. The molecule has 1 aliphatic rings. The van der Waals surface area contributed by atoms with E-state index in [0.29, 0.717) is 18.7 Å². The monoisotopic (exact) mass is 439 g/mol. The number of nitrogens with zero attached hydrogens (tertiary/aromatic N) is 3. The molecule has 0 atom stereocenters. The number of anilines is 1. The van der Waals surface area contributed by atoms with Gasteiger partial charge < -0.3 is 19.3 Å². The van der Waals surface area contributed by atoms with E-state index in [1.54, 1.807) is 18.4 Å². The maximum atomic E-state index is 12.9. The Labute approximate surface area is 187 Å². The van der Waals surface area contributed by atoms with Crippen LogP contribution in [0.3, 0.4) is 0 Å². The molecule has 6 nitrogen and oxygen atoms in total. The highest BCUT2D eigenvalue weighted by molar-refractivity contribution is 7.22. The van der Waals surface area contributed by atoms with Crippen LogP contribution in [0.25, 0.3) is 10.2 Å². The van der Waals surface area contributed by atoms with Crippen molar-refractivity contribution in [3.05, 3.63) is 48.0 Å². The molecular formula is C24H29N3O3S. The molecule has 2 aromatic carbocycles. The van der Waals surface area contributed by atoms with Crippen LogP contribution in [0.5, 0.6) is 11.5 Å². The number of benzene rings is 2. The fourth-order valence-corrected chi connectivity index (χ4v) is 4.72. The Hall–Kier alpha value is -2.80. The van der Waals surface area contributed by atoms with Crippen LogP contribution in [0.15, 0.2) is 42.5 Å². The Morgan fingerprint density at radius 3 is 2.48 bits per heavy atom. The molecule has 4 rings (SSSR count). The van der Waals surface area contributed by atoms with Gasteiger partial charge in [0.25, 0.3) is 5.91 Å². The highest BCUT2D eigenvalue weighted by atomic mass is 32.1. The Morgan fingerprint density at radius 2 is 1.77 bits per heavy atom. The van der Waals surface area contributed by atoms with E-state index in [4.69, 9.17) is 14.5 Å². The SMILES string of the molecule is CCCCCOc1ccc(C(=O)N2CCN(c3nc4ccc(OC)cc4s3)CC2)cc1. The summed E-state index contributed by atoms with van der Waals surface area (Å²) in [6.45, 7) is 5.83. The molecule has 1 fully saturated rings. The van der Waals surface area contributed by atoms with Crippen LogP contribution in [0.4, 0.5) is 5.13 Å². The first kappa shape index (κ1) is 21.4. The molecule has 0 aliphatic carbocycles.